The number of nitrogens with one attached hydrogen (secondary N) is 3. The Labute approximate surface area is 166 Å². The molecule has 2 aromatic carbocycles. The fourth-order valence-electron chi connectivity index (χ4n) is 4.10. The molecule has 4 aromatic rings. The molecule has 0 radical (unpaired) electrons. The zero-order valence-corrected chi connectivity index (χ0v) is 15.9. The van der Waals surface area contributed by atoms with Crippen LogP contribution in [0.4, 0.5) is 5.69 Å². The highest BCUT2D eigenvalue weighted by Gasteiger charge is 2.22. The van der Waals surface area contributed by atoms with Gasteiger partial charge >= 0.3 is 5.76 Å². The maximum Gasteiger partial charge on any atom is 0.439 e. The molecule has 0 aliphatic heterocycles. The number of anilines is 1. The molecule has 5 rings (SSSR count). The smallest absolute Gasteiger partial charge is 0.358 e. The standard InChI is InChI=1S/C22H20N4O3/c1-12-8-9-18-17(10-12)15-6-3-7-16(19(15)24-18)21(27)23-14-5-2-4-13(11-14)20-25-22(28)29-26-20/h2-7,11-12,24H,8-10H2,1H3,(H,23,27)(H,25,26,28). The van der Waals surface area contributed by atoms with Crippen molar-refractivity contribution in [3.05, 3.63) is 69.8 Å². The van der Waals surface area contributed by atoms with E-state index in [0.717, 1.165) is 30.2 Å². The first kappa shape index (κ1) is 17.5. The Bertz CT molecular complexity index is 1280. The van der Waals surface area contributed by atoms with E-state index in [9.17, 15) is 9.59 Å². The van der Waals surface area contributed by atoms with E-state index in [2.05, 4.69) is 38.0 Å². The number of hydrogen-bond acceptors (Lipinski definition) is 4. The molecule has 1 aliphatic rings. The van der Waals surface area contributed by atoms with Gasteiger partial charge < -0.3 is 10.3 Å². The summed E-state index contributed by atoms with van der Waals surface area (Å²) < 4.78 is 4.55. The molecule has 1 aliphatic carbocycles. The van der Waals surface area contributed by atoms with Crippen LogP contribution in [0.2, 0.25) is 0 Å². The number of fused-ring (bicyclic) bond motifs is 3. The van der Waals surface area contributed by atoms with Crippen molar-refractivity contribution in [1.82, 2.24) is 15.1 Å². The summed E-state index contributed by atoms with van der Waals surface area (Å²) in [7, 11) is 0. The van der Waals surface area contributed by atoms with Crippen LogP contribution in [0, 0.1) is 5.92 Å². The summed E-state index contributed by atoms with van der Waals surface area (Å²) in [5, 5.41) is 7.77. The van der Waals surface area contributed by atoms with E-state index in [1.807, 2.05) is 12.1 Å². The second-order valence-electron chi connectivity index (χ2n) is 7.64. The summed E-state index contributed by atoms with van der Waals surface area (Å²) in [4.78, 5) is 30.2. The van der Waals surface area contributed by atoms with Gasteiger partial charge in [-0.1, -0.05) is 36.3 Å². The third-order valence-electron chi connectivity index (χ3n) is 5.55. The lowest BCUT2D eigenvalue weighted by atomic mass is 9.87. The molecule has 0 spiro atoms. The van der Waals surface area contributed by atoms with Crippen LogP contribution in [0.3, 0.4) is 0 Å². The van der Waals surface area contributed by atoms with Gasteiger partial charge in [-0.2, -0.15) is 0 Å². The minimum atomic E-state index is -0.619. The first-order chi connectivity index (χ1) is 14.1. The van der Waals surface area contributed by atoms with Gasteiger partial charge in [-0.3, -0.25) is 14.3 Å². The van der Waals surface area contributed by atoms with Crippen LogP contribution in [0.5, 0.6) is 0 Å². The second kappa shape index (κ2) is 6.77. The van der Waals surface area contributed by atoms with E-state index >= 15 is 0 Å². The fraction of sp³-hybridized carbons (Fsp3) is 0.227. The van der Waals surface area contributed by atoms with E-state index in [-0.39, 0.29) is 5.91 Å². The summed E-state index contributed by atoms with van der Waals surface area (Å²) in [5.74, 6) is 0.170. The molecule has 29 heavy (non-hydrogen) atoms. The van der Waals surface area contributed by atoms with Crippen LogP contribution in [0.1, 0.15) is 35.0 Å². The van der Waals surface area contributed by atoms with Crippen molar-refractivity contribution in [2.75, 3.05) is 5.32 Å². The topological polar surface area (TPSA) is 104 Å². The molecule has 1 unspecified atom stereocenters. The molecule has 0 bridgehead atoms. The number of nitrogens with zero attached hydrogens (tertiary/aromatic N) is 1. The largest absolute Gasteiger partial charge is 0.439 e. The minimum absolute atomic E-state index is 0.187. The quantitative estimate of drug-likeness (QED) is 0.495. The fourth-order valence-corrected chi connectivity index (χ4v) is 4.10. The predicted molar refractivity (Wildman–Crippen MR) is 110 cm³/mol. The van der Waals surface area contributed by atoms with E-state index in [1.54, 1.807) is 24.3 Å². The highest BCUT2D eigenvalue weighted by atomic mass is 16.5. The Balaban J connectivity index is 1.47. The lowest BCUT2D eigenvalue weighted by molar-refractivity contribution is 0.102. The number of aryl methyl sites for hydroxylation is 1. The van der Waals surface area contributed by atoms with Crippen molar-refractivity contribution in [1.29, 1.82) is 0 Å². The number of aromatic amines is 2. The number of carbonyl (C=O) groups excluding carboxylic acids is 1. The zero-order valence-electron chi connectivity index (χ0n) is 15.9. The maximum absolute atomic E-state index is 13.0. The molecule has 7 nitrogen and oxygen atoms in total. The molecular formula is C22H20N4O3. The van der Waals surface area contributed by atoms with Crippen LogP contribution in [-0.4, -0.2) is 21.0 Å². The van der Waals surface area contributed by atoms with Gasteiger partial charge in [0.05, 0.1) is 11.1 Å². The molecule has 0 saturated heterocycles. The van der Waals surface area contributed by atoms with Gasteiger partial charge in [-0.05, 0) is 48.9 Å². The number of aromatic nitrogens is 3. The second-order valence-corrected chi connectivity index (χ2v) is 7.64. The molecule has 7 heteroatoms. The molecule has 2 heterocycles. The van der Waals surface area contributed by atoms with Gasteiger partial charge in [0.1, 0.15) is 0 Å². The first-order valence-corrected chi connectivity index (χ1v) is 9.68. The number of amides is 1. The van der Waals surface area contributed by atoms with Gasteiger partial charge in [0, 0.05) is 22.3 Å². The minimum Gasteiger partial charge on any atom is -0.358 e. The Morgan fingerprint density at radius 1 is 1.21 bits per heavy atom. The van der Waals surface area contributed by atoms with E-state index < -0.39 is 5.76 Å². The van der Waals surface area contributed by atoms with Crippen molar-refractivity contribution in [2.45, 2.75) is 26.2 Å². The van der Waals surface area contributed by atoms with E-state index in [0.29, 0.717) is 28.6 Å². The van der Waals surface area contributed by atoms with Crippen molar-refractivity contribution in [3.8, 4) is 11.4 Å². The molecule has 0 fully saturated rings. The van der Waals surface area contributed by atoms with E-state index in [4.69, 9.17) is 0 Å². The lowest BCUT2D eigenvalue weighted by Crippen LogP contribution is -2.12. The van der Waals surface area contributed by atoms with Crippen LogP contribution < -0.4 is 11.1 Å². The van der Waals surface area contributed by atoms with Crippen LogP contribution in [-0.2, 0) is 12.8 Å². The third kappa shape index (κ3) is 3.14. The molecule has 3 N–H and O–H groups in total. The molecule has 1 atom stereocenters. The van der Waals surface area contributed by atoms with Crippen LogP contribution in [0.15, 0.2) is 51.8 Å². The Kier molecular flexibility index (Phi) is 4.08. The number of benzene rings is 2. The number of H-pyrrole nitrogens is 2. The molecule has 1 amide bonds. The summed E-state index contributed by atoms with van der Waals surface area (Å²) in [5.41, 5.74) is 5.35. The van der Waals surface area contributed by atoms with Gasteiger partial charge in [-0.25, -0.2) is 4.79 Å². The van der Waals surface area contributed by atoms with Gasteiger partial charge in [0.25, 0.3) is 5.91 Å². The first-order valence-electron chi connectivity index (χ1n) is 9.68. The summed E-state index contributed by atoms with van der Waals surface area (Å²) in [6, 6.07) is 13.0. The van der Waals surface area contributed by atoms with E-state index in [1.165, 1.54) is 11.3 Å². The summed E-state index contributed by atoms with van der Waals surface area (Å²) >= 11 is 0. The average Bonchev–Trinajstić information content (AvgIpc) is 3.31. The van der Waals surface area contributed by atoms with Gasteiger partial charge in [0.2, 0.25) is 0 Å². The average molecular weight is 388 g/mol. The third-order valence-corrected chi connectivity index (χ3v) is 5.55. The lowest BCUT2D eigenvalue weighted by Gasteiger charge is -2.17. The number of para-hydroxylation sites is 1. The van der Waals surface area contributed by atoms with Crippen molar-refractivity contribution >= 4 is 22.5 Å². The monoisotopic (exact) mass is 388 g/mol. The van der Waals surface area contributed by atoms with Crippen molar-refractivity contribution in [3.63, 3.8) is 0 Å². The molecule has 2 aromatic heterocycles. The SMILES string of the molecule is CC1CCc2[nH]c3c(C(=O)Nc4cccc(-c5noc(=O)[nH]5)c4)cccc3c2C1. The number of carbonyl (C=O) groups is 1. The number of hydrogen-bond donors (Lipinski definition) is 3. The molecule has 0 saturated carbocycles. The summed E-state index contributed by atoms with van der Waals surface area (Å²) in [6.07, 6.45) is 3.22. The Morgan fingerprint density at radius 3 is 2.90 bits per heavy atom. The molecular weight excluding hydrogens is 368 g/mol. The Morgan fingerprint density at radius 2 is 2.07 bits per heavy atom. The highest BCUT2D eigenvalue weighted by molar-refractivity contribution is 6.12. The van der Waals surface area contributed by atoms with Crippen molar-refractivity contribution in [2.24, 2.45) is 5.92 Å². The predicted octanol–water partition coefficient (Wildman–Crippen LogP) is 3.89. The van der Waals surface area contributed by atoms with Crippen LogP contribution >= 0.6 is 0 Å². The Hall–Kier alpha value is -3.61. The van der Waals surface area contributed by atoms with Gasteiger partial charge in [-0.15, -0.1) is 0 Å². The zero-order chi connectivity index (χ0) is 20.0. The normalized spacial score (nSPS) is 16.0. The van der Waals surface area contributed by atoms with Crippen molar-refractivity contribution < 1.29 is 9.32 Å². The molecule has 146 valence electrons. The van der Waals surface area contributed by atoms with Gasteiger partial charge in [0.15, 0.2) is 5.82 Å². The maximum atomic E-state index is 13.0. The van der Waals surface area contributed by atoms with Crippen LogP contribution in [0.25, 0.3) is 22.3 Å². The highest BCUT2D eigenvalue weighted by Crippen LogP contribution is 2.33. The summed E-state index contributed by atoms with van der Waals surface area (Å²) in [6.45, 7) is 2.27. The number of rotatable bonds is 3.